The van der Waals surface area contributed by atoms with E-state index < -0.39 is 0 Å². The van der Waals surface area contributed by atoms with Crippen LogP contribution in [0.1, 0.15) is 18.2 Å². The average molecular weight is 231 g/mol. The molecule has 0 spiro atoms. The Labute approximate surface area is 98.0 Å². The van der Waals surface area contributed by atoms with Gasteiger partial charge in [-0.15, -0.1) is 0 Å². The van der Waals surface area contributed by atoms with Crippen molar-refractivity contribution in [2.24, 2.45) is 5.16 Å². The minimum Gasteiger partial charge on any atom is -0.411 e. The third-order valence-electron chi connectivity index (χ3n) is 2.60. The quantitative estimate of drug-likeness (QED) is 0.469. The zero-order valence-corrected chi connectivity index (χ0v) is 9.64. The molecule has 0 atom stereocenters. The predicted molar refractivity (Wildman–Crippen MR) is 65.1 cm³/mol. The van der Waals surface area contributed by atoms with E-state index in [-0.39, 0.29) is 5.56 Å². The van der Waals surface area contributed by atoms with Gasteiger partial charge in [-0.1, -0.05) is 23.4 Å². The van der Waals surface area contributed by atoms with Crippen LogP contribution in [-0.2, 0) is 0 Å². The number of para-hydroxylation sites is 1. The molecular formula is C12H13N3O2. The van der Waals surface area contributed by atoms with Gasteiger partial charge in [0, 0.05) is 5.69 Å². The number of benzene rings is 1. The number of hydrogen-bond acceptors (Lipinski definition) is 3. The maximum absolute atomic E-state index is 12.1. The van der Waals surface area contributed by atoms with Crippen LogP contribution in [0.15, 0.2) is 40.3 Å². The molecule has 88 valence electrons. The lowest BCUT2D eigenvalue weighted by atomic mass is 10.2. The second-order valence-electron chi connectivity index (χ2n) is 3.77. The summed E-state index contributed by atoms with van der Waals surface area (Å²) in [5.74, 6) is 0. The van der Waals surface area contributed by atoms with Crippen LogP contribution in [0.25, 0.3) is 5.69 Å². The van der Waals surface area contributed by atoms with Crippen LogP contribution >= 0.6 is 0 Å². The van der Waals surface area contributed by atoms with Crippen LogP contribution in [0.2, 0.25) is 0 Å². The molecule has 0 aliphatic carbocycles. The van der Waals surface area contributed by atoms with Crippen molar-refractivity contribution in [2.45, 2.75) is 13.8 Å². The number of rotatable bonds is 2. The van der Waals surface area contributed by atoms with Gasteiger partial charge in [0.15, 0.2) is 0 Å². The highest BCUT2D eigenvalue weighted by atomic mass is 16.4. The molecule has 2 aromatic rings. The summed E-state index contributed by atoms with van der Waals surface area (Å²) in [6.07, 6.45) is 0. The number of aromatic nitrogens is 2. The molecule has 2 N–H and O–H groups in total. The Morgan fingerprint density at radius 2 is 2.00 bits per heavy atom. The van der Waals surface area contributed by atoms with Crippen molar-refractivity contribution in [1.82, 2.24) is 9.78 Å². The van der Waals surface area contributed by atoms with E-state index in [1.54, 1.807) is 13.8 Å². The summed E-state index contributed by atoms with van der Waals surface area (Å²) < 4.78 is 1.43. The van der Waals surface area contributed by atoms with Crippen molar-refractivity contribution < 1.29 is 5.21 Å². The highest BCUT2D eigenvalue weighted by Crippen LogP contribution is 2.07. The topological polar surface area (TPSA) is 70.4 Å². The fourth-order valence-electron chi connectivity index (χ4n) is 1.78. The number of oxime groups is 1. The summed E-state index contributed by atoms with van der Waals surface area (Å²) in [6.45, 7) is 3.36. The third-order valence-corrected chi connectivity index (χ3v) is 2.60. The minimum atomic E-state index is -0.219. The van der Waals surface area contributed by atoms with E-state index in [2.05, 4.69) is 10.3 Å². The van der Waals surface area contributed by atoms with Crippen LogP contribution in [0.3, 0.4) is 0 Å². The largest absolute Gasteiger partial charge is 0.411 e. The van der Waals surface area contributed by atoms with Crippen molar-refractivity contribution in [1.29, 1.82) is 0 Å². The summed E-state index contributed by atoms with van der Waals surface area (Å²) in [5.41, 5.74) is 1.91. The predicted octanol–water partition coefficient (Wildman–Crippen LogP) is 1.67. The molecule has 0 saturated carbocycles. The van der Waals surface area contributed by atoms with Crippen LogP contribution < -0.4 is 5.56 Å². The Bertz CT molecular complexity index is 608. The van der Waals surface area contributed by atoms with Gasteiger partial charge in [-0.05, 0) is 26.0 Å². The molecule has 0 amide bonds. The van der Waals surface area contributed by atoms with Crippen molar-refractivity contribution in [3.8, 4) is 5.69 Å². The summed E-state index contributed by atoms with van der Waals surface area (Å²) in [7, 11) is 0. The highest BCUT2D eigenvalue weighted by molar-refractivity contribution is 5.99. The Morgan fingerprint density at radius 1 is 1.35 bits per heavy atom. The van der Waals surface area contributed by atoms with Gasteiger partial charge in [0.25, 0.3) is 5.56 Å². The van der Waals surface area contributed by atoms with E-state index in [4.69, 9.17) is 5.21 Å². The first kappa shape index (κ1) is 11.2. The maximum atomic E-state index is 12.1. The van der Waals surface area contributed by atoms with Crippen LogP contribution in [0.4, 0.5) is 0 Å². The first-order valence-electron chi connectivity index (χ1n) is 5.21. The molecular weight excluding hydrogens is 218 g/mol. The molecule has 0 radical (unpaired) electrons. The second-order valence-corrected chi connectivity index (χ2v) is 3.77. The molecule has 0 saturated heterocycles. The van der Waals surface area contributed by atoms with Crippen LogP contribution in [0, 0.1) is 6.92 Å². The minimum absolute atomic E-state index is 0.219. The van der Waals surface area contributed by atoms with Gasteiger partial charge in [0.05, 0.1) is 17.0 Å². The Hall–Kier alpha value is -2.30. The Balaban J connectivity index is 2.64. The van der Waals surface area contributed by atoms with Crippen LogP contribution in [-0.4, -0.2) is 20.7 Å². The van der Waals surface area contributed by atoms with Gasteiger partial charge in [0.2, 0.25) is 0 Å². The lowest BCUT2D eigenvalue weighted by Gasteiger charge is -1.99. The van der Waals surface area contributed by atoms with Gasteiger partial charge in [-0.2, -0.15) is 0 Å². The molecule has 0 aliphatic heterocycles. The molecule has 0 bridgehead atoms. The molecule has 5 heteroatoms. The first-order valence-corrected chi connectivity index (χ1v) is 5.21. The maximum Gasteiger partial charge on any atom is 0.280 e. The second kappa shape index (κ2) is 4.29. The lowest BCUT2D eigenvalue weighted by Crippen LogP contribution is -2.19. The summed E-state index contributed by atoms with van der Waals surface area (Å²) in [5, 5.41) is 14.8. The molecule has 1 aromatic carbocycles. The van der Waals surface area contributed by atoms with Crippen molar-refractivity contribution in [3.05, 3.63) is 51.9 Å². The zero-order chi connectivity index (χ0) is 12.4. The van der Waals surface area contributed by atoms with Gasteiger partial charge in [0.1, 0.15) is 0 Å². The van der Waals surface area contributed by atoms with E-state index >= 15 is 0 Å². The number of H-pyrrole nitrogens is 1. The molecule has 0 aliphatic rings. The summed E-state index contributed by atoms with van der Waals surface area (Å²) >= 11 is 0. The van der Waals surface area contributed by atoms with Crippen molar-refractivity contribution in [3.63, 3.8) is 0 Å². The van der Waals surface area contributed by atoms with E-state index in [9.17, 15) is 4.79 Å². The summed E-state index contributed by atoms with van der Waals surface area (Å²) in [4.78, 5) is 12.1. The van der Waals surface area contributed by atoms with Gasteiger partial charge in [-0.25, -0.2) is 4.68 Å². The van der Waals surface area contributed by atoms with Gasteiger partial charge >= 0.3 is 0 Å². The highest BCUT2D eigenvalue weighted by Gasteiger charge is 2.14. The van der Waals surface area contributed by atoms with E-state index in [1.807, 2.05) is 30.3 Å². The molecule has 0 unspecified atom stereocenters. The fraction of sp³-hybridized carbons (Fsp3) is 0.167. The molecule has 17 heavy (non-hydrogen) atoms. The average Bonchev–Trinajstić information content (AvgIpc) is 2.65. The molecule has 1 aromatic heterocycles. The number of hydrogen-bond donors (Lipinski definition) is 2. The SMILES string of the molecule is CC(=NO)c1c(C)[nH]n(-c2ccccc2)c1=O. The molecule has 5 nitrogen and oxygen atoms in total. The number of aryl methyl sites for hydroxylation is 1. The van der Waals surface area contributed by atoms with E-state index in [1.165, 1.54) is 4.68 Å². The zero-order valence-electron chi connectivity index (χ0n) is 9.64. The number of aromatic amines is 1. The van der Waals surface area contributed by atoms with Crippen LogP contribution in [0.5, 0.6) is 0 Å². The fourth-order valence-corrected chi connectivity index (χ4v) is 1.78. The Kier molecular flexibility index (Phi) is 2.82. The Morgan fingerprint density at radius 3 is 2.59 bits per heavy atom. The lowest BCUT2D eigenvalue weighted by molar-refractivity contribution is 0.319. The summed E-state index contributed by atoms with van der Waals surface area (Å²) in [6, 6.07) is 9.24. The van der Waals surface area contributed by atoms with Gasteiger partial charge in [-0.3, -0.25) is 9.89 Å². The van der Waals surface area contributed by atoms with Crippen molar-refractivity contribution >= 4 is 5.71 Å². The standard InChI is InChI=1S/C12H13N3O2/c1-8-11(9(2)14-17)12(16)15(13-8)10-6-4-3-5-7-10/h3-7,13,17H,1-2H3. The number of nitrogens with one attached hydrogen (secondary N) is 1. The normalized spacial score (nSPS) is 11.8. The van der Waals surface area contributed by atoms with Crippen molar-refractivity contribution in [2.75, 3.05) is 0 Å². The number of nitrogens with zero attached hydrogens (tertiary/aromatic N) is 2. The molecule has 0 fully saturated rings. The van der Waals surface area contributed by atoms with E-state index in [0.717, 1.165) is 5.69 Å². The van der Waals surface area contributed by atoms with Gasteiger partial charge < -0.3 is 5.21 Å². The molecule has 1 heterocycles. The smallest absolute Gasteiger partial charge is 0.280 e. The first-order chi connectivity index (χ1) is 8.15. The van der Waals surface area contributed by atoms with E-state index in [0.29, 0.717) is 17.0 Å². The molecule has 2 rings (SSSR count). The third kappa shape index (κ3) is 1.87. The monoisotopic (exact) mass is 231 g/mol.